The van der Waals surface area contributed by atoms with Crippen molar-refractivity contribution in [2.75, 3.05) is 43.5 Å². The highest BCUT2D eigenvalue weighted by molar-refractivity contribution is 5.97. The van der Waals surface area contributed by atoms with Gasteiger partial charge >= 0.3 is 0 Å². The summed E-state index contributed by atoms with van der Waals surface area (Å²) in [7, 11) is 1.59. The molecule has 174 valence electrons. The Hall–Kier alpha value is -4.07. The van der Waals surface area contributed by atoms with Gasteiger partial charge in [0.15, 0.2) is 17.1 Å². The van der Waals surface area contributed by atoms with Crippen LogP contribution >= 0.6 is 0 Å². The number of carbonyl (C=O) groups excluding carboxylic acids is 1. The predicted molar refractivity (Wildman–Crippen MR) is 132 cm³/mol. The molecule has 0 radical (unpaired) electrons. The van der Waals surface area contributed by atoms with Crippen molar-refractivity contribution >= 4 is 34.3 Å². The molecule has 1 aliphatic rings. The lowest BCUT2D eigenvalue weighted by atomic mass is 10.2. The summed E-state index contributed by atoms with van der Waals surface area (Å²) in [6.45, 7) is 6.43. The summed E-state index contributed by atoms with van der Waals surface area (Å²) in [5, 5.41) is 4.21. The van der Waals surface area contributed by atoms with Gasteiger partial charge in [-0.05, 0) is 38.1 Å². The molecule has 2 aromatic heterocycles. The van der Waals surface area contributed by atoms with Gasteiger partial charge in [-0.1, -0.05) is 29.8 Å². The molecular formula is C26H27N5O3. The van der Waals surface area contributed by atoms with Gasteiger partial charge < -0.3 is 24.3 Å². The van der Waals surface area contributed by atoms with Gasteiger partial charge in [0.25, 0.3) is 5.91 Å². The first-order valence-corrected chi connectivity index (χ1v) is 11.3. The molecule has 8 heteroatoms. The van der Waals surface area contributed by atoms with Crippen LogP contribution in [0.5, 0.6) is 5.75 Å². The SMILES string of the molecule is COc1cccc2cc(C(=O)N3CCN(c4nc(C)cc(Nc5ccc(C)cc5)n4)CC3)oc12. The molecule has 1 saturated heterocycles. The Labute approximate surface area is 198 Å². The largest absolute Gasteiger partial charge is 0.493 e. The van der Waals surface area contributed by atoms with Crippen molar-refractivity contribution in [1.82, 2.24) is 14.9 Å². The van der Waals surface area contributed by atoms with Crippen LogP contribution in [0.2, 0.25) is 0 Å². The van der Waals surface area contributed by atoms with E-state index in [-0.39, 0.29) is 5.91 Å². The lowest BCUT2D eigenvalue weighted by Crippen LogP contribution is -2.49. The van der Waals surface area contributed by atoms with Crippen LogP contribution in [0.25, 0.3) is 11.0 Å². The van der Waals surface area contributed by atoms with E-state index in [0.29, 0.717) is 49.2 Å². The number of para-hydroxylation sites is 1. The second-order valence-electron chi connectivity index (χ2n) is 8.45. The van der Waals surface area contributed by atoms with Crippen LogP contribution in [0.1, 0.15) is 21.8 Å². The van der Waals surface area contributed by atoms with Crippen molar-refractivity contribution in [2.45, 2.75) is 13.8 Å². The predicted octanol–water partition coefficient (Wildman–Crippen LogP) is 4.55. The topological polar surface area (TPSA) is 83.7 Å². The maximum atomic E-state index is 13.1. The van der Waals surface area contributed by atoms with Gasteiger partial charge in [0.1, 0.15) is 5.82 Å². The van der Waals surface area contributed by atoms with E-state index in [0.717, 1.165) is 22.6 Å². The van der Waals surface area contributed by atoms with E-state index in [1.807, 2.05) is 48.2 Å². The van der Waals surface area contributed by atoms with Crippen LogP contribution in [0, 0.1) is 13.8 Å². The Kier molecular flexibility index (Phi) is 5.79. The Morgan fingerprint density at radius 2 is 1.76 bits per heavy atom. The molecule has 34 heavy (non-hydrogen) atoms. The molecule has 2 aromatic carbocycles. The number of hydrogen-bond donors (Lipinski definition) is 1. The summed E-state index contributed by atoms with van der Waals surface area (Å²) in [4.78, 5) is 26.3. The molecule has 4 aromatic rings. The molecule has 0 bridgehead atoms. The van der Waals surface area contributed by atoms with Gasteiger partial charge in [0.2, 0.25) is 5.95 Å². The molecule has 1 fully saturated rings. The third kappa shape index (κ3) is 4.39. The molecule has 3 heterocycles. The third-order valence-electron chi connectivity index (χ3n) is 5.95. The zero-order valence-electron chi connectivity index (χ0n) is 19.5. The molecule has 5 rings (SSSR count). The number of benzene rings is 2. The summed E-state index contributed by atoms with van der Waals surface area (Å²) in [6.07, 6.45) is 0. The summed E-state index contributed by atoms with van der Waals surface area (Å²) in [5.41, 5.74) is 3.66. The summed E-state index contributed by atoms with van der Waals surface area (Å²) < 4.78 is 11.2. The number of aryl methyl sites for hydroxylation is 2. The molecule has 0 aliphatic carbocycles. The maximum Gasteiger partial charge on any atom is 0.289 e. The minimum atomic E-state index is -0.121. The molecule has 1 aliphatic heterocycles. The average molecular weight is 458 g/mol. The fourth-order valence-corrected chi connectivity index (χ4v) is 4.11. The first-order valence-electron chi connectivity index (χ1n) is 11.3. The van der Waals surface area contributed by atoms with E-state index in [1.54, 1.807) is 13.2 Å². The lowest BCUT2D eigenvalue weighted by Gasteiger charge is -2.34. The fraction of sp³-hybridized carbons (Fsp3) is 0.269. The van der Waals surface area contributed by atoms with Crippen molar-refractivity contribution < 1.29 is 13.9 Å². The lowest BCUT2D eigenvalue weighted by molar-refractivity contribution is 0.0716. The molecular weight excluding hydrogens is 430 g/mol. The Bertz CT molecular complexity index is 1320. The normalized spacial score (nSPS) is 13.9. The number of fused-ring (bicyclic) bond motifs is 1. The minimum absolute atomic E-state index is 0.121. The number of amides is 1. The second-order valence-corrected chi connectivity index (χ2v) is 8.45. The molecule has 0 unspecified atom stereocenters. The molecule has 0 saturated carbocycles. The van der Waals surface area contributed by atoms with Crippen molar-refractivity contribution in [2.24, 2.45) is 0 Å². The minimum Gasteiger partial charge on any atom is -0.493 e. The highest BCUT2D eigenvalue weighted by Gasteiger charge is 2.26. The van der Waals surface area contributed by atoms with Gasteiger partial charge in [0, 0.05) is 49.0 Å². The van der Waals surface area contributed by atoms with Gasteiger partial charge in [-0.25, -0.2) is 4.98 Å². The Balaban J connectivity index is 1.27. The molecule has 0 spiro atoms. The zero-order chi connectivity index (χ0) is 23.7. The van der Waals surface area contributed by atoms with Gasteiger partial charge in [-0.15, -0.1) is 0 Å². The van der Waals surface area contributed by atoms with Crippen molar-refractivity contribution in [3.8, 4) is 5.75 Å². The third-order valence-corrected chi connectivity index (χ3v) is 5.95. The molecule has 1 N–H and O–H groups in total. The number of aromatic nitrogens is 2. The highest BCUT2D eigenvalue weighted by atomic mass is 16.5. The zero-order valence-corrected chi connectivity index (χ0v) is 19.5. The first kappa shape index (κ1) is 21.8. The number of ether oxygens (including phenoxy) is 1. The summed E-state index contributed by atoms with van der Waals surface area (Å²) in [6, 6.07) is 17.5. The Morgan fingerprint density at radius 1 is 1.00 bits per heavy atom. The first-order chi connectivity index (χ1) is 16.5. The van der Waals surface area contributed by atoms with E-state index in [9.17, 15) is 4.79 Å². The van der Waals surface area contributed by atoms with E-state index < -0.39 is 0 Å². The molecule has 0 atom stereocenters. The van der Waals surface area contributed by atoms with Gasteiger partial charge in [-0.3, -0.25) is 4.79 Å². The van der Waals surface area contributed by atoms with E-state index in [1.165, 1.54) is 5.56 Å². The number of rotatable bonds is 5. The fourth-order valence-electron chi connectivity index (χ4n) is 4.11. The number of anilines is 3. The average Bonchev–Trinajstić information content (AvgIpc) is 3.29. The molecule has 8 nitrogen and oxygen atoms in total. The second kappa shape index (κ2) is 9.05. The molecule has 1 amide bonds. The maximum absolute atomic E-state index is 13.1. The van der Waals surface area contributed by atoms with Crippen molar-refractivity contribution in [3.05, 3.63) is 71.6 Å². The highest BCUT2D eigenvalue weighted by Crippen LogP contribution is 2.29. The number of carbonyl (C=O) groups is 1. The number of piperazine rings is 1. The number of nitrogens with one attached hydrogen (secondary N) is 1. The van der Waals surface area contributed by atoms with E-state index >= 15 is 0 Å². The van der Waals surface area contributed by atoms with E-state index in [2.05, 4.69) is 34.3 Å². The Morgan fingerprint density at radius 3 is 2.50 bits per heavy atom. The number of methoxy groups -OCH3 is 1. The van der Waals surface area contributed by atoms with Gasteiger partial charge in [0.05, 0.1) is 7.11 Å². The van der Waals surface area contributed by atoms with Crippen LogP contribution in [-0.4, -0.2) is 54.1 Å². The van der Waals surface area contributed by atoms with Crippen LogP contribution in [0.3, 0.4) is 0 Å². The summed E-state index contributed by atoms with van der Waals surface area (Å²) >= 11 is 0. The van der Waals surface area contributed by atoms with Crippen molar-refractivity contribution in [3.63, 3.8) is 0 Å². The number of furan rings is 1. The van der Waals surface area contributed by atoms with Crippen LogP contribution in [0.4, 0.5) is 17.5 Å². The monoisotopic (exact) mass is 457 g/mol. The van der Waals surface area contributed by atoms with Crippen molar-refractivity contribution in [1.29, 1.82) is 0 Å². The van der Waals surface area contributed by atoms with Gasteiger partial charge in [-0.2, -0.15) is 4.98 Å². The smallest absolute Gasteiger partial charge is 0.289 e. The number of hydrogen-bond acceptors (Lipinski definition) is 7. The van der Waals surface area contributed by atoms with Crippen LogP contribution in [0.15, 0.2) is 59.0 Å². The van der Waals surface area contributed by atoms with Crippen LogP contribution < -0.4 is 15.0 Å². The quantitative estimate of drug-likeness (QED) is 0.471. The van der Waals surface area contributed by atoms with E-state index in [4.69, 9.17) is 14.1 Å². The van der Waals surface area contributed by atoms with Crippen LogP contribution in [-0.2, 0) is 0 Å². The summed E-state index contributed by atoms with van der Waals surface area (Å²) in [5.74, 6) is 2.23. The number of nitrogens with zero attached hydrogens (tertiary/aromatic N) is 4. The standard InChI is InChI=1S/C26H27N5O3/c1-17-7-9-20(10-8-17)28-23-15-18(2)27-26(29-23)31-13-11-30(12-14-31)25(32)22-16-19-5-4-6-21(33-3)24(19)34-22/h4-10,15-16H,11-14H2,1-3H3,(H,27,28,29).